The molecule has 0 saturated carbocycles. The van der Waals surface area contributed by atoms with Gasteiger partial charge in [0.2, 0.25) is 0 Å². The van der Waals surface area contributed by atoms with E-state index < -0.39 is 0 Å². The summed E-state index contributed by atoms with van der Waals surface area (Å²) in [7, 11) is 0. The molecule has 1 N–H and O–H groups in total. The van der Waals surface area contributed by atoms with Crippen LogP contribution in [-0.2, 0) is 6.42 Å². The second-order valence-electron chi connectivity index (χ2n) is 4.00. The summed E-state index contributed by atoms with van der Waals surface area (Å²) in [5.74, 6) is 0. The van der Waals surface area contributed by atoms with Crippen molar-refractivity contribution in [3.05, 3.63) is 34.3 Å². The molecule has 0 aromatic heterocycles. The van der Waals surface area contributed by atoms with Crippen molar-refractivity contribution in [3.8, 4) is 0 Å². The van der Waals surface area contributed by atoms with E-state index in [-0.39, 0.29) is 6.61 Å². The first-order valence-electron chi connectivity index (χ1n) is 5.77. The van der Waals surface area contributed by atoms with E-state index in [1.165, 1.54) is 10.0 Å². The van der Waals surface area contributed by atoms with Crippen molar-refractivity contribution in [2.45, 2.75) is 26.3 Å². The van der Waals surface area contributed by atoms with Crippen molar-refractivity contribution < 1.29 is 5.11 Å². The summed E-state index contributed by atoms with van der Waals surface area (Å²) >= 11 is 3.57. The monoisotopic (exact) mass is 285 g/mol. The zero-order valence-electron chi connectivity index (χ0n) is 9.99. The fraction of sp³-hybridized carbons (Fsp3) is 0.538. The predicted molar refractivity (Wildman–Crippen MR) is 71.6 cm³/mol. The van der Waals surface area contributed by atoms with Gasteiger partial charge in [0.15, 0.2) is 0 Å². The molecule has 1 rings (SSSR count). The van der Waals surface area contributed by atoms with E-state index >= 15 is 0 Å². The highest BCUT2D eigenvalue weighted by atomic mass is 79.9. The number of hydrogen-bond acceptors (Lipinski definition) is 2. The van der Waals surface area contributed by atoms with Crippen LogP contribution in [-0.4, -0.2) is 35.7 Å². The van der Waals surface area contributed by atoms with E-state index in [4.69, 9.17) is 5.11 Å². The summed E-state index contributed by atoms with van der Waals surface area (Å²) in [6.07, 6.45) is 1.01. The number of halogens is 1. The summed E-state index contributed by atoms with van der Waals surface area (Å²) < 4.78 is 1.17. The molecule has 3 heteroatoms. The quantitative estimate of drug-likeness (QED) is 0.869. The molecule has 1 aromatic carbocycles. The normalized spacial score (nSPS) is 13.1. The van der Waals surface area contributed by atoms with Gasteiger partial charge in [-0.1, -0.05) is 41.1 Å². The molecule has 0 aliphatic carbocycles. The van der Waals surface area contributed by atoms with Crippen LogP contribution in [0.4, 0.5) is 0 Å². The van der Waals surface area contributed by atoms with E-state index in [9.17, 15) is 0 Å². The van der Waals surface area contributed by atoms with Gasteiger partial charge in [0, 0.05) is 17.1 Å². The van der Waals surface area contributed by atoms with Gasteiger partial charge < -0.3 is 5.11 Å². The van der Waals surface area contributed by atoms with Gasteiger partial charge >= 0.3 is 0 Å². The van der Waals surface area contributed by atoms with Crippen LogP contribution >= 0.6 is 15.9 Å². The molecular weight excluding hydrogens is 266 g/mol. The molecular formula is C13H20BrNO. The Labute approximate surface area is 106 Å². The molecule has 0 fully saturated rings. The zero-order chi connectivity index (χ0) is 12.0. The van der Waals surface area contributed by atoms with Gasteiger partial charge in [0.05, 0.1) is 6.61 Å². The van der Waals surface area contributed by atoms with Gasteiger partial charge in [-0.3, -0.25) is 4.90 Å². The number of benzene rings is 1. The van der Waals surface area contributed by atoms with Crippen molar-refractivity contribution in [1.29, 1.82) is 0 Å². The summed E-state index contributed by atoms with van der Waals surface area (Å²) in [4.78, 5) is 2.29. The maximum absolute atomic E-state index is 8.99. The van der Waals surface area contributed by atoms with Gasteiger partial charge in [-0.15, -0.1) is 0 Å². The second-order valence-corrected chi connectivity index (χ2v) is 4.85. The number of aliphatic hydroxyl groups is 1. The highest BCUT2D eigenvalue weighted by molar-refractivity contribution is 9.10. The smallest absolute Gasteiger partial charge is 0.0558 e. The summed E-state index contributed by atoms with van der Waals surface area (Å²) in [6.45, 7) is 6.30. The highest BCUT2D eigenvalue weighted by Gasteiger charge is 2.12. The lowest BCUT2D eigenvalue weighted by Gasteiger charge is -2.27. The van der Waals surface area contributed by atoms with Gasteiger partial charge in [-0.25, -0.2) is 0 Å². The first kappa shape index (κ1) is 13.7. The van der Waals surface area contributed by atoms with Crippen LogP contribution in [0.1, 0.15) is 19.4 Å². The molecule has 0 radical (unpaired) electrons. The molecule has 0 heterocycles. The van der Waals surface area contributed by atoms with Crippen molar-refractivity contribution >= 4 is 15.9 Å². The maximum Gasteiger partial charge on any atom is 0.0558 e. The SMILES string of the molecule is CCN(CCO)C(C)Cc1ccccc1Br. The molecule has 0 amide bonds. The predicted octanol–water partition coefficient (Wildman–Crippen LogP) is 2.69. The minimum atomic E-state index is 0.230. The summed E-state index contributed by atoms with van der Waals surface area (Å²) in [6, 6.07) is 8.77. The van der Waals surface area contributed by atoms with Crippen molar-refractivity contribution in [1.82, 2.24) is 4.90 Å². The molecule has 16 heavy (non-hydrogen) atoms. The minimum Gasteiger partial charge on any atom is -0.395 e. The molecule has 2 nitrogen and oxygen atoms in total. The molecule has 1 atom stereocenters. The average molecular weight is 286 g/mol. The Morgan fingerprint density at radius 2 is 2.06 bits per heavy atom. The molecule has 90 valence electrons. The van der Waals surface area contributed by atoms with Crippen LogP contribution in [0, 0.1) is 0 Å². The van der Waals surface area contributed by atoms with E-state index in [2.05, 4.69) is 52.9 Å². The molecule has 0 bridgehead atoms. The largest absolute Gasteiger partial charge is 0.395 e. The Hall–Kier alpha value is -0.380. The summed E-state index contributed by atoms with van der Waals surface area (Å²) in [5, 5.41) is 8.99. The molecule has 0 aliphatic rings. The Balaban J connectivity index is 2.62. The van der Waals surface area contributed by atoms with Crippen molar-refractivity contribution in [2.75, 3.05) is 19.7 Å². The fourth-order valence-corrected chi connectivity index (χ4v) is 2.38. The van der Waals surface area contributed by atoms with E-state index in [1.54, 1.807) is 0 Å². The van der Waals surface area contributed by atoms with E-state index in [0.29, 0.717) is 6.04 Å². The number of rotatable bonds is 6. The van der Waals surface area contributed by atoms with Crippen LogP contribution in [0.3, 0.4) is 0 Å². The van der Waals surface area contributed by atoms with E-state index in [0.717, 1.165) is 19.5 Å². The lowest BCUT2D eigenvalue weighted by molar-refractivity contribution is 0.164. The molecule has 1 aromatic rings. The van der Waals surface area contributed by atoms with Crippen LogP contribution in [0.2, 0.25) is 0 Å². The number of hydrogen-bond donors (Lipinski definition) is 1. The Morgan fingerprint density at radius 3 is 2.62 bits per heavy atom. The third-order valence-corrected chi connectivity index (χ3v) is 3.66. The lowest BCUT2D eigenvalue weighted by Crippen LogP contribution is -2.36. The van der Waals surface area contributed by atoms with Crippen LogP contribution in [0.5, 0.6) is 0 Å². The third-order valence-electron chi connectivity index (χ3n) is 2.89. The minimum absolute atomic E-state index is 0.230. The van der Waals surface area contributed by atoms with Crippen molar-refractivity contribution in [2.24, 2.45) is 0 Å². The Bertz CT molecular complexity index is 317. The van der Waals surface area contributed by atoms with Crippen molar-refractivity contribution in [3.63, 3.8) is 0 Å². The van der Waals surface area contributed by atoms with Gasteiger partial charge in [0.25, 0.3) is 0 Å². The van der Waals surface area contributed by atoms with Crippen LogP contribution < -0.4 is 0 Å². The maximum atomic E-state index is 8.99. The van der Waals surface area contributed by atoms with Gasteiger partial charge in [-0.05, 0) is 31.5 Å². The number of nitrogens with zero attached hydrogens (tertiary/aromatic N) is 1. The van der Waals surface area contributed by atoms with Crippen LogP contribution in [0.15, 0.2) is 28.7 Å². The third kappa shape index (κ3) is 3.89. The van der Waals surface area contributed by atoms with Gasteiger partial charge in [-0.2, -0.15) is 0 Å². The first-order valence-corrected chi connectivity index (χ1v) is 6.56. The fourth-order valence-electron chi connectivity index (χ4n) is 1.93. The topological polar surface area (TPSA) is 23.5 Å². The average Bonchev–Trinajstić information content (AvgIpc) is 2.29. The van der Waals surface area contributed by atoms with Crippen LogP contribution in [0.25, 0.3) is 0 Å². The second kappa shape index (κ2) is 7.05. The zero-order valence-corrected chi connectivity index (χ0v) is 11.6. The number of likely N-dealkylation sites (N-methyl/N-ethyl adjacent to an activating group) is 1. The van der Waals surface area contributed by atoms with E-state index in [1.807, 2.05) is 6.07 Å². The molecule has 1 unspecified atom stereocenters. The highest BCUT2D eigenvalue weighted by Crippen LogP contribution is 2.18. The first-order chi connectivity index (χ1) is 7.69. The molecule has 0 saturated heterocycles. The molecule has 0 spiro atoms. The lowest BCUT2D eigenvalue weighted by atomic mass is 10.1. The van der Waals surface area contributed by atoms with Gasteiger partial charge in [0.1, 0.15) is 0 Å². The Morgan fingerprint density at radius 1 is 1.38 bits per heavy atom. The Kier molecular flexibility index (Phi) is 6.03. The molecule has 0 aliphatic heterocycles. The standard InChI is InChI=1S/C13H20BrNO/c1-3-15(8-9-16)11(2)10-12-6-4-5-7-13(12)14/h4-7,11,16H,3,8-10H2,1-2H3. The number of aliphatic hydroxyl groups excluding tert-OH is 1. The summed E-state index contributed by atoms with van der Waals surface area (Å²) in [5.41, 5.74) is 1.33.